The van der Waals surface area contributed by atoms with Crippen molar-refractivity contribution in [1.29, 1.82) is 0 Å². The molecular formula is C12H11NO6S. The van der Waals surface area contributed by atoms with Crippen molar-refractivity contribution >= 4 is 23.2 Å². The van der Waals surface area contributed by atoms with Crippen molar-refractivity contribution in [3.8, 4) is 5.75 Å². The number of nitrogens with zero attached hydrogens (tertiary/aromatic N) is 1. The van der Waals surface area contributed by atoms with Crippen LogP contribution in [0.5, 0.6) is 5.75 Å². The number of rotatable bonds is 6. The minimum Gasteiger partial charge on any atom is -0.484 e. The van der Waals surface area contributed by atoms with Gasteiger partial charge >= 0.3 is 11.9 Å². The SMILES string of the molecule is CCc1cc(OCc2ccc([N+](=O)[O-])o2)c(C(=O)O)s1. The summed E-state index contributed by atoms with van der Waals surface area (Å²) in [5.41, 5.74) is 0. The number of aromatic carboxylic acids is 1. The molecule has 0 bridgehead atoms. The molecule has 0 saturated heterocycles. The zero-order chi connectivity index (χ0) is 14.7. The van der Waals surface area contributed by atoms with Gasteiger partial charge in [0.15, 0.2) is 4.88 Å². The van der Waals surface area contributed by atoms with Crippen LogP contribution in [0.1, 0.15) is 27.2 Å². The lowest BCUT2D eigenvalue weighted by Gasteiger charge is -2.02. The number of hydrogen-bond acceptors (Lipinski definition) is 6. The normalized spacial score (nSPS) is 10.4. The molecule has 0 saturated carbocycles. The van der Waals surface area contributed by atoms with Crippen LogP contribution in [-0.4, -0.2) is 16.0 Å². The van der Waals surface area contributed by atoms with Gasteiger partial charge in [-0.25, -0.2) is 4.79 Å². The molecule has 0 aliphatic heterocycles. The molecule has 2 heterocycles. The fourth-order valence-electron chi connectivity index (χ4n) is 1.54. The van der Waals surface area contributed by atoms with Gasteiger partial charge in [-0.2, -0.15) is 0 Å². The standard InChI is InChI=1S/C12H11NO6S/c1-2-8-5-9(11(20-8)12(14)15)18-6-7-3-4-10(19-7)13(16)17/h3-5H,2,6H2,1H3,(H,14,15). The maximum Gasteiger partial charge on any atom is 0.433 e. The van der Waals surface area contributed by atoms with Crippen molar-refractivity contribution in [2.45, 2.75) is 20.0 Å². The topological polar surface area (TPSA) is 103 Å². The molecule has 20 heavy (non-hydrogen) atoms. The highest BCUT2D eigenvalue weighted by molar-refractivity contribution is 7.14. The Kier molecular flexibility index (Phi) is 4.04. The van der Waals surface area contributed by atoms with Gasteiger partial charge in [-0.05, 0) is 18.6 Å². The van der Waals surface area contributed by atoms with Crippen molar-refractivity contribution in [2.75, 3.05) is 0 Å². The third kappa shape index (κ3) is 2.97. The second-order valence-electron chi connectivity index (χ2n) is 3.85. The molecule has 2 aromatic heterocycles. The highest BCUT2D eigenvalue weighted by Crippen LogP contribution is 2.30. The molecule has 2 aromatic rings. The molecule has 0 atom stereocenters. The average molecular weight is 297 g/mol. The van der Waals surface area contributed by atoms with E-state index in [9.17, 15) is 14.9 Å². The number of aryl methyl sites for hydroxylation is 1. The highest BCUT2D eigenvalue weighted by atomic mass is 32.1. The maximum atomic E-state index is 11.1. The smallest absolute Gasteiger partial charge is 0.433 e. The Balaban J connectivity index is 2.11. The Hall–Kier alpha value is -2.35. The number of furan rings is 1. The molecule has 0 unspecified atom stereocenters. The molecule has 106 valence electrons. The zero-order valence-corrected chi connectivity index (χ0v) is 11.3. The van der Waals surface area contributed by atoms with E-state index in [1.165, 1.54) is 12.1 Å². The summed E-state index contributed by atoms with van der Waals surface area (Å²) >= 11 is 1.15. The molecule has 7 nitrogen and oxygen atoms in total. The van der Waals surface area contributed by atoms with E-state index in [-0.39, 0.29) is 28.9 Å². The quantitative estimate of drug-likeness (QED) is 0.649. The van der Waals surface area contributed by atoms with Gasteiger partial charge in [0.05, 0.1) is 6.07 Å². The monoisotopic (exact) mass is 297 g/mol. The highest BCUT2D eigenvalue weighted by Gasteiger charge is 2.18. The molecule has 0 radical (unpaired) electrons. The van der Waals surface area contributed by atoms with Gasteiger partial charge in [0.1, 0.15) is 23.0 Å². The molecule has 0 aromatic carbocycles. The average Bonchev–Trinajstić information content (AvgIpc) is 3.03. The van der Waals surface area contributed by atoms with Gasteiger partial charge in [0, 0.05) is 4.88 Å². The van der Waals surface area contributed by atoms with Gasteiger partial charge < -0.3 is 14.3 Å². The van der Waals surface area contributed by atoms with Crippen molar-refractivity contribution in [1.82, 2.24) is 0 Å². The predicted molar refractivity (Wildman–Crippen MR) is 70.4 cm³/mol. The van der Waals surface area contributed by atoms with Crippen molar-refractivity contribution in [2.24, 2.45) is 0 Å². The van der Waals surface area contributed by atoms with Gasteiger partial charge in [0.2, 0.25) is 0 Å². The minimum atomic E-state index is -1.06. The lowest BCUT2D eigenvalue weighted by atomic mass is 10.3. The van der Waals surface area contributed by atoms with Gasteiger partial charge in [0.25, 0.3) is 0 Å². The van der Waals surface area contributed by atoms with Gasteiger partial charge in [-0.3, -0.25) is 10.1 Å². The molecule has 0 aliphatic carbocycles. The van der Waals surface area contributed by atoms with E-state index in [1.54, 1.807) is 6.07 Å². The molecule has 1 N–H and O–H groups in total. The van der Waals surface area contributed by atoms with Gasteiger partial charge in [-0.1, -0.05) is 6.92 Å². The van der Waals surface area contributed by atoms with Crippen LogP contribution in [0.4, 0.5) is 5.88 Å². The van der Waals surface area contributed by atoms with E-state index in [0.717, 1.165) is 16.2 Å². The van der Waals surface area contributed by atoms with E-state index < -0.39 is 10.9 Å². The van der Waals surface area contributed by atoms with Crippen molar-refractivity contribution < 1.29 is 24.0 Å². The third-order valence-electron chi connectivity index (χ3n) is 2.49. The lowest BCUT2D eigenvalue weighted by Crippen LogP contribution is -1.99. The predicted octanol–water partition coefficient (Wildman–Crippen LogP) is 3.09. The van der Waals surface area contributed by atoms with Crippen LogP contribution in [0.2, 0.25) is 0 Å². The van der Waals surface area contributed by atoms with Crippen LogP contribution in [0.3, 0.4) is 0 Å². The second-order valence-corrected chi connectivity index (χ2v) is 4.99. The second kappa shape index (κ2) is 5.74. The Bertz CT molecular complexity index is 644. The Morgan fingerprint density at radius 2 is 2.30 bits per heavy atom. The first-order valence-electron chi connectivity index (χ1n) is 5.73. The molecule has 8 heteroatoms. The zero-order valence-electron chi connectivity index (χ0n) is 10.5. The summed E-state index contributed by atoms with van der Waals surface area (Å²) in [6, 6.07) is 4.30. The largest absolute Gasteiger partial charge is 0.484 e. The molecule has 0 amide bonds. The Morgan fingerprint density at radius 1 is 1.55 bits per heavy atom. The summed E-state index contributed by atoms with van der Waals surface area (Å²) < 4.78 is 10.3. The number of thiophene rings is 1. The molecule has 2 rings (SSSR count). The summed E-state index contributed by atoms with van der Waals surface area (Å²) in [5, 5.41) is 19.5. The number of carboxylic acids is 1. The molecular weight excluding hydrogens is 286 g/mol. The van der Waals surface area contributed by atoms with Crippen LogP contribution in [0, 0.1) is 10.1 Å². The number of carboxylic acid groups (broad SMARTS) is 1. The summed E-state index contributed by atoms with van der Waals surface area (Å²) in [5.74, 6) is -0.924. The van der Waals surface area contributed by atoms with Crippen LogP contribution < -0.4 is 4.74 Å². The van der Waals surface area contributed by atoms with Crippen LogP contribution in [-0.2, 0) is 13.0 Å². The first kappa shape index (κ1) is 14.1. The maximum absolute atomic E-state index is 11.1. The Labute approximate surface area is 117 Å². The fraction of sp³-hybridized carbons (Fsp3) is 0.250. The van der Waals surface area contributed by atoms with Gasteiger partial charge in [-0.15, -0.1) is 11.3 Å². The first-order valence-corrected chi connectivity index (χ1v) is 6.54. The number of hydrogen-bond donors (Lipinski definition) is 1. The minimum absolute atomic E-state index is 0.0615. The number of ether oxygens (including phenoxy) is 1. The fourth-order valence-corrected chi connectivity index (χ4v) is 2.42. The van der Waals surface area contributed by atoms with Crippen LogP contribution in [0.15, 0.2) is 22.6 Å². The van der Waals surface area contributed by atoms with E-state index in [4.69, 9.17) is 14.3 Å². The summed E-state index contributed by atoms with van der Waals surface area (Å²) in [6.45, 7) is 1.85. The van der Waals surface area contributed by atoms with Crippen LogP contribution in [0.25, 0.3) is 0 Å². The van der Waals surface area contributed by atoms with E-state index >= 15 is 0 Å². The number of carbonyl (C=O) groups is 1. The number of nitro groups is 1. The molecule has 0 spiro atoms. The van der Waals surface area contributed by atoms with E-state index in [0.29, 0.717) is 6.42 Å². The first-order chi connectivity index (χ1) is 9.51. The lowest BCUT2D eigenvalue weighted by molar-refractivity contribution is -0.402. The van der Waals surface area contributed by atoms with Crippen LogP contribution >= 0.6 is 11.3 Å². The van der Waals surface area contributed by atoms with E-state index in [1.807, 2.05) is 6.92 Å². The summed E-state index contributed by atoms with van der Waals surface area (Å²) in [6.07, 6.45) is 0.709. The third-order valence-corrected chi connectivity index (χ3v) is 3.74. The summed E-state index contributed by atoms with van der Waals surface area (Å²) in [4.78, 5) is 21.9. The Morgan fingerprint density at radius 3 is 2.85 bits per heavy atom. The molecule has 0 fully saturated rings. The summed E-state index contributed by atoms with van der Waals surface area (Å²) in [7, 11) is 0. The van der Waals surface area contributed by atoms with E-state index in [2.05, 4.69) is 0 Å². The molecule has 0 aliphatic rings. The van der Waals surface area contributed by atoms with Crippen molar-refractivity contribution in [3.63, 3.8) is 0 Å². The van der Waals surface area contributed by atoms with Crippen molar-refractivity contribution in [3.05, 3.63) is 43.8 Å².